The molecule has 20 heavy (non-hydrogen) atoms. The Bertz CT molecular complexity index is 581. The highest BCUT2D eigenvalue weighted by molar-refractivity contribution is 9.10. The Morgan fingerprint density at radius 3 is 2.80 bits per heavy atom. The van der Waals surface area contributed by atoms with Gasteiger partial charge in [-0.3, -0.25) is 9.48 Å². The van der Waals surface area contributed by atoms with Crippen molar-refractivity contribution in [3.8, 4) is 0 Å². The average Bonchev–Trinajstić information content (AvgIpc) is 2.88. The predicted octanol–water partition coefficient (Wildman–Crippen LogP) is 1.49. The van der Waals surface area contributed by atoms with Crippen molar-refractivity contribution in [2.75, 3.05) is 6.54 Å². The van der Waals surface area contributed by atoms with E-state index in [1.807, 2.05) is 31.2 Å². The van der Waals surface area contributed by atoms with Gasteiger partial charge in [-0.1, -0.05) is 33.3 Å². The van der Waals surface area contributed by atoms with E-state index in [1.54, 1.807) is 10.9 Å². The van der Waals surface area contributed by atoms with Crippen LogP contribution in [0.25, 0.3) is 0 Å². The molecule has 2 rings (SSSR count). The number of rotatable bonds is 5. The number of carbonyl (C=O) groups excluding carboxylic acids is 1. The minimum atomic E-state index is -0.247. The van der Waals surface area contributed by atoms with E-state index in [1.165, 1.54) is 0 Å². The van der Waals surface area contributed by atoms with Crippen LogP contribution in [-0.4, -0.2) is 27.4 Å². The number of amides is 1. The first-order valence-electron chi connectivity index (χ1n) is 6.26. The topological polar surface area (TPSA) is 85.8 Å². The number of nitrogens with zero attached hydrogens (tertiary/aromatic N) is 3. The smallest absolute Gasteiger partial charge is 0.273 e. The van der Waals surface area contributed by atoms with Crippen LogP contribution in [0.4, 0.5) is 0 Å². The quantitative estimate of drug-likeness (QED) is 0.865. The molecule has 7 heteroatoms. The van der Waals surface area contributed by atoms with Crippen LogP contribution in [0.2, 0.25) is 0 Å². The summed E-state index contributed by atoms with van der Waals surface area (Å²) in [4.78, 5) is 12.0. The Morgan fingerprint density at radius 1 is 1.45 bits per heavy atom. The Balaban J connectivity index is 2.01. The summed E-state index contributed by atoms with van der Waals surface area (Å²) in [5.41, 5.74) is 6.74. The normalized spacial score (nSPS) is 12.2. The molecule has 0 bridgehead atoms. The van der Waals surface area contributed by atoms with Gasteiger partial charge in [0, 0.05) is 11.0 Å². The maximum atomic E-state index is 12.0. The van der Waals surface area contributed by atoms with Gasteiger partial charge in [0.1, 0.15) is 0 Å². The molecular weight excluding hydrogens is 322 g/mol. The molecule has 1 atom stereocenters. The molecule has 0 aliphatic heterocycles. The van der Waals surface area contributed by atoms with Crippen molar-refractivity contribution in [2.45, 2.75) is 19.5 Å². The SMILES string of the molecule is C[C@H](NC(=O)c1cn(CCN)nn1)c1ccc(Br)cc1. The minimum absolute atomic E-state index is 0.102. The van der Waals surface area contributed by atoms with E-state index >= 15 is 0 Å². The van der Waals surface area contributed by atoms with Crippen LogP contribution in [0.15, 0.2) is 34.9 Å². The molecule has 1 aromatic heterocycles. The molecule has 0 aliphatic carbocycles. The first-order valence-corrected chi connectivity index (χ1v) is 7.06. The van der Waals surface area contributed by atoms with Crippen molar-refractivity contribution in [1.82, 2.24) is 20.3 Å². The molecule has 0 unspecified atom stereocenters. The first-order chi connectivity index (χ1) is 9.60. The van der Waals surface area contributed by atoms with E-state index in [4.69, 9.17) is 5.73 Å². The Kier molecular flexibility index (Phi) is 4.86. The van der Waals surface area contributed by atoms with Gasteiger partial charge >= 0.3 is 0 Å². The lowest BCUT2D eigenvalue weighted by molar-refractivity contribution is 0.0934. The number of aromatic nitrogens is 3. The van der Waals surface area contributed by atoms with Crippen molar-refractivity contribution in [2.24, 2.45) is 5.73 Å². The van der Waals surface area contributed by atoms with Crippen molar-refractivity contribution in [1.29, 1.82) is 0 Å². The third-order valence-corrected chi connectivity index (χ3v) is 3.38. The highest BCUT2D eigenvalue weighted by Crippen LogP contribution is 2.16. The zero-order valence-corrected chi connectivity index (χ0v) is 12.7. The number of hydrogen-bond acceptors (Lipinski definition) is 4. The molecule has 0 fully saturated rings. The Morgan fingerprint density at radius 2 is 2.15 bits per heavy atom. The fourth-order valence-corrected chi connectivity index (χ4v) is 2.01. The molecule has 0 spiro atoms. The lowest BCUT2D eigenvalue weighted by Gasteiger charge is -2.13. The van der Waals surface area contributed by atoms with Gasteiger partial charge in [0.2, 0.25) is 0 Å². The van der Waals surface area contributed by atoms with Gasteiger partial charge in [-0.15, -0.1) is 5.10 Å². The fourth-order valence-electron chi connectivity index (χ4n) is 1.75. The lowest BCUT2D eigenvalue weighted by atomic mass is 10.1. The molecule has 2 aromatic rings. The van der Waals surface area contributed by atoms with E-state index in [2.05, 4.69) is 31.6 Å². The third kappa shape index (κ3) is 3.64. The minimum Gasteiger partial charge on any atom is -0.344 e. The molecule has 1 amide bonds. The second-order valence-electron chi connectivity index (χ2n) is 4.40. The number of hydrogen-bond donors (Lipinski definition) is 2. The van der Waals surface area contributed by atoms with E-state index in [-0.39, 0.29) is 11.9 Å². The molecule has 1 heterocycles. The van der Waals surface area contributed by atoms with Gasteiger partial charge in [-0.05, 0) is 24.6 Å². The van der Waals surface area contributed by atoms with E-state index < -0.39 is 0 Å². The standard InChI is InChI=1S/C13H16BrN5O/c1-9(10-2-4-11(14)5-3-10)16-13(20)12-8-19(7-6-15)18-17-12/h2-5,8-9H,6-7,15H2,1H3,(H,16,20)/t9-/m0/s1. The van der Waals surface area contributed by atoms with Crippen molar-refractivity contribution < 1.29 is 4.79 Å². The second kappa shape index (κ2) is 6.62. The lowest BCUT2D eigenvalue weighted by Crippen LogP contribution is -2.27. The monoisotopic (exact) mass is 337 g/mol. The first kappa shape index (κ1) is 14.7. The van der Waals surface area contributed by atoms with Gasteiger partial charge in [0.25, 0.3) is 5.91 Å². The highest BCUT2D eigenvalue weighted by atomic mass is 79.9. The summed E-state index contributed by atoms with van der Waals surface area (Å²) in [6, 6.07) is 7.70. The van der Waals surface area contributed by atoms with Crippen molar-refractivity contribution in [3.63, 3.8) is 0 Å². The molecule has 0 saturated carbocycles. The summed E-state index contributed by atoms with van der Waals surface area (Å²) in [5.74, 6) is -0.247. The summed E-state index contributed by atoms with van der Waals surface area (Å²) >= 11 is 3.38. The predicted molar refractivity (Wildman–Crippen MR) is 79.1 cm³/mol. The molecular formula is C13H16BrN5O. The highest BCUT2D eigenvalue weighted by Gasteiger charge is 2.14. The van der Waals surface area contributed by atoms with Crippen LogP contribution in [0.1, 0.15) is 29.0 Å². The third-order valence-electron chi connectivity index (χ3n) is 2.85. The van der Waals surface area contributed by atoms with Crippen molar-refractivity contribution >= 4 is 21.8 Å². The molecule has 106 valence electrons. The summed E-state index contributed by atoms with van der Waals surface area (Å²) in [7, 11) is 0. The zero-order chi connectivity index (χ0) is 14.5. The number of nitrogens with two attached hydrogens (primary N) is 1. The fraction of sp³-hybridized carbons (Fsp3) is 0.308. The van der Waals surface area contributed by atoms with E-state index in [0.717, 1.165) is 10.0 Å². The van der Waals surface area contributed by atoms with Crippen LogP contribution in [0.3, 0.4) is 0 Å². The van der Waals surface area contributed by atoms with Crippen LogP contribution >= 0.6 is 15.9 Å². The largest absolute Gasteiger partial charge is 0.344 e. The maximum absolute atomic E-state index is 12.0. The second-order valence-corrected chi connectivity index (χ2v) is 5.32. The molecule has 6 nitrogen and oxygen atoms in total. The maximum Gasteiger partial charge on any atom is 0.273 e. The van der Waals surface area contributed by atoms with Gasteiger partial charge in [0.15, 0.2) is 5.69 Å². The van der Waals surface area contributed by atoms with Crippen LogP contribution in [0.5, 0.6) is 0 Å². The molecule has 0 aliphatic rings. The number of halogens is 1. The van der Waals surface area contributed by atoms with E-state index in [9.17, 15) is 4.79 Å². The number of nitrogens with one attached hydrogen (secondary N) is 1. The van der Waals surface area contributed by atoms with Gasteiger partial charge < -0.3 is 11.1 Å². The number of carbonyl (C=O) groups is 1. The van der Waals surface area contributed by atoms with Gasteiger partial charge in [-0.2, -0.15) is 0 Å². The zero-order valence-electron chi connectivity index (χ0n) is 11.1. The molecule has 0 radical (unpaired) electrons. The average molecular weight is 338 g/mol. The summed E-state index contributed by atoms with van der Waals surface area (Å²) in [5, 5.41) is 10.6. The van der Waals surface area contributed by atoms with Crippen LogP contribution < -0.4 is 11.1 Å². The van der Waals surface area contributed by atoms with Crippen molar-refractivity contribution in [3.05, 3.63) is 46.2 Å². The Labute approximate surface area is 125 Å². The van der Waals surface area contributed by atoms with Crippen LogP contribution in [0, 0.1) is 0 Å². The summed E-state index contributed by atoms with van der Waals surface area (Å²) < 4.78 is 2.56. The molecule has 1 aromatic carbocycles. The molecule has 3 N–H and O–H groups in total. The van der Waals surface area contributed by atoms with Crippen LogP contribution in [-0.2, 0) is 6.54 Å². The van der Waals surface area contributed by atoms with Gasteiger partial charge in [0.05, 0.1) is 18.8 Å². The Hall–Kier alpha value is -1.73. The number of benzene rings is 1. The molecule has 0 saturated heterocycles. The van der Waals surface area contributed by atoms with Gasteiger partial charge in [-0.25, -0.2) is 0 Å². The summed E-state index contributed by atoms with van der Waals surface area (Å²) in [6.07, 6.45) is 1.59. The van der Waals surface area contributed by atoms with E-state index in [0.29, 0.717) is 18.8 Å². The summed E-state index contributed by atoms with van der Waals surface area (Å²) in [6.45, 7) is 2.92.